The van der Waals surface area contributed by atoms with Crippen molar-refractivity contribution in [1.29, 1.82) is 0 Å². The Kier molecular flexibility index (Phi) is 6.45. The summed E-state index contributed by atoms with van der Waals surface area (Å²) in [7, 11) is 0. The third kappa shape index (κ3) is 5.57. The van der Waals surface area contributed by atoms with Gasteiger partial charge in [0.1, 0.15) is 5.54 Å². The van der Waals surface area contributed by atoms with Gasteiger partial charge in [-0.3, -0.25) is 15.0 Å². The van der Waals surface area contributed by atoms with E-state index in [1.807, 2.05) is 13.8 Å². The van der Waals surface area contributed by atoms with Crippen molar-refractivity contribution in [1.82, 2.24) is 10.2 Å². The zero-order valence-corrected chi connectivity index (χ0v) is 13.5. The van der Waals surface area contributed by atoms with Crippen LogP contribution in [0.25, 0.3) is 0 Å². The van der Waals surface area contributed by atoms with E-state index in [2.05, 4.69) is 10.2 Å². The molecule has 0 aromatic rings. The minimum absolute atomic E-state index is 0.0942. The number of unbranched alkanes of at least 4 members (excludes halogenated alkanes) is 1. The Morgan fingerprint density at radius 2 is 2.05 bits per heavy atom. The highest BCUT2D eigenvalue weighted by Crippen LogP contribution is 2.26. The van der Waals surface area contributed by atoms with Gasteiger partial charge in [-0.05, 0) is 52.5 Å². The summed E-state index contributed by atoms with van der Waals surface area (Å²) in [5.74, 6) is -0.0942. The molecule has 21 heavy (non-hydrogen) atoms. The molecule has 1 aliphatic carbocycles. The first-order chi connectivity index (χ1) is 10.1. The molecule has 2 rings (SSSR count). The molecule has 1 unspecified atom stereocenters. The van der Waals surface area contributed by atoms with Crippen LogP contribution in [0.1, 0.15) is 46.0 Å². The van der Waals surface area contributed by atoms with E-state index in [-0.39, 0.29) is 5.97 Å². The molecule has 5 nitrogen and oxygen atoms in total. The number of esters is 1. The van der Waals surface area contributed by atoms with Gasteiger partial charge in [-0.1, -0.05) is 0 Å². The molecule has 1 saturated carbocycles. The summed E-state index contributed by atoms with van der Waals surface area (Å²) in [6.07, 6.45) is 5.39. The van der Waals surface area contributed by atoms with Crippen LogP contribution in [0.5, 0.6) is 0 Å². The minimum Gasteiger partial charge on any atom is -0.465 e. The van der Waals surface area contributed by atoms with E-state index in [0.717, 1.165) is 52.1 Å². The van der Waals surface area contributed by atoms with Gasteiger partial charge in [0.25, 0.3) is 0 Å². The van der Waals surface area contributed by atoms with Crippen LogP contribution in [0.4, 0.5) is 0 Å². The fourth-order valence-electron chi connectivity index (χ4n) is 2.84. The van der Waals surface area contributed by atoms with Crippen molar-refractivity contribution >= 4 is 5.97 Å². The standard InChI is InChI=1S/C16H30N2O3/c1-3-21-15(19)16(2,17-14-6-7-14)8-4-5-9-18-10-12-20-13-11-18/h14,17H,3-13H2,1-2H3. The lowest BCUT2D eigenvalue weighted by atomic mass is 9.94. The molecule has 1 saturated heterocycles. The van der Waals surface area contributed by atoms with E-state index >= 15 is 0 Å². The SMILES string of the molecule is CCOC(=O)C(C)(CCCCN1CCOCC1)NC1CC1. The summed E-state index contributed by atoms with van der Waals surface area (Å²) >= 11 is 0. The average molecular weight is 298 g/mol. The summed E-state index contributed by atoms with van der Waals surface area (Å²) in [5.41, 5.74) is -0.512. The highest BCUT2D eigenvalue weighted by Gasteiger charge is 2.39. The Morgan fingerprint density at radius 3 is 2.67 bits per heavy atom. The zero-order valence-electron chi connectivity index (χ0n) is 13.5. The van der Waals surface area contributed by atoms with Gasteiger partial charge in [-0.15, -0.1) is 0 Å². The summed E-state index contributed by atoms with van der Waals surface area (Å²) < 4.78 is 10.6. The molecule has 5 heteroatoms. The molecule has 0 aromatic carbocycles. The summed E-state index contributed by atoms with van der Waals surface area (Å²) in [6.45, 7) is 9.20. The van der Waals surface area contributed by atoms with E-state index in [1.54, 1.807) is 0 Å². The molecule has 0 amide bonds. The van der Waals surface area contributed by atoms with Crippen LogP contribution in [0.3, 0.4) is 0 Å². The number of hydrogen-bond acceptors (Lipinski definition) is 5. The van der Waals surface area contributed by atoms with Gasteiger partial charge in [-0.2, -0.15) is 0 Å². The number of carbonyl (C=O) groups is 1. The predicted octanol–water partition coefficient (Wildman–Crippen LogP) is 1.56. The first kappa shape index (κ1) is 16.7. The zero-order chi connectivity index (χ0) is 15.1. The van der Waals surface area contributed by atoms with E-state index in [0.29, 0.717) is 12.6 Å². The third-order valence-corrected chi connectivity index (χ3v) is 4.33. The van der Waals surface area contributed by atoms with Crippen LogP contribution in [-0.2, 0) is 14.3 Å². The largest absolute Gasteiger partial charge is 0.465 e. The average Bonchev–Trinajstić information content (AvgIpc) is 3.29. The van der Waals surface area contributed by atoms with Crippen LogP contribution >= 0.6 is 0 Å². The van der Waals surface area contributed by atoms with Crippen LogP contribution < -0.4 is 5.32 Å². The number of ether oxygens (including phenoxy) is 2. The van der Waals surface area contributed by atoms with E-state index in [1.165, 1.54) is 12.8 Å². The Bertz CT molecular complexity index is 327. The molecule has 0 spiro atoms. The molecular weight excluding hydrogens is 268 g/mol. The molecule has 1 atom stereocenters. The maximum Gasteiger partial charge on any atom is 0.326 e. The van der Waals surface area contributed by atoms with E-state index in [9.17, 15) is 4.79 Å². The van der Waals surface area contributed by atoms with Gasteiger partial charge in [0.2, 0.25) is 0 Å². The second kappa shape index (κ2) is 8.11. The molecule has 1 heterocycles. The van der Waals surface area contributed by atoms with Crippen molar-refractivity contribution in [3.63, 3.8) is 0 Å². The van der Waals surface area contributed by atoms with E-state index < -0.39 is 5.54 Å². The maximum absolute atomic E-state index is 12.2. The summed E-state index contributed by atoms with van der Waals surface area (Å²) in [4.78, 5) is 14.7. The predicted molar refractivity (Wildman–Crippen MR) is 82.3 cm³/mol. The van der Waals surface area contributed by atoms with Crippen molar-refractivity contribution < 1.29 is 14.3 Å². The lowest BCUT2D eigenvalue weighted by Gasteiger charge is -2.30. The molecule has 1 N–H and O–H groups in total. The highest BCUT2D eigenvalue weighted by molar-refractivity contribution is 5.80. The quantitative estimate of drug-likeness (QED) is 0.517. The van der Waals surface area contributed by atoms with Crippen molar-refractivity contribution in [2.24, 2.45) is 0 Å². The first-order valence-electron chi connectivity index (χ1n) is 8.39. The number of rotatable bonds is 9. The van der Waals surface area contributed by atoms with Gasteiger partial charge in [0.15, 0.2) is 0 Å². The Balaban J connectivity index is 1.71. The molecule has 0 bridgehead atoms. The molecular formula is C16H30N2O3. The third-order valence-electron chi connectivity index (χ3n) is 4.33. The lowest BCUT2D eigenvalue weighted by Crippen LogP contribution is -2.51. The number of nitrogens with one attached hydrogen (secondary N) is 1. The number of carbonyl (C=O) groups excluding carboxylic acids is 1. The van der Waals surface area contributed by atoms with Gasteiger partial charge >= 0.3 is 5.97 Å². The lowest BCUT2D eigenvalue weighted by molar-refractivity contribution is -0.151. The van der Waals surface area contributed by atoms with Gasteiger partial charge in [-0.25, -0.2) is 0 Å². The molecule has 2 aliphatic rings. The minimum atomic E-state index is -0.512. The summed E-state index contributed by atoms with van der Waals surface area (Å²) in [5, 5.41) is 3.48. The van der Waals surface area contributed by atoms with Crippen molar-refractivity contribution in [2.75, 3.05) is 39.5 Å². The Morgan fingerprint density at radius 1 is 1.33 bits per heavy atom. The number of hydrogen-bond donors (Lipinski definition) is 1. The van der Waals surface area contributed by atoms with E-state index in [4.69, 9.17) is 9.47 Å². The molecule has 2 fully saturated rings. The topological polar surface area (TPSA) is 50.8 Å². The van der Waals surface area contributed by atoms with Crippen molar-refractivity contribution in [3.05, 3.63) is 0 Å². The summed E-state index contributed by atoms with van der Waals surface area (Å²) in [6, 6.07) is 0.513. The Labute approximate surface area is 128 Å². The van der Waals surface area contributed by atoms with Crippen LogP contribution in [0.15, 0.2) is 0 Å². The number of nitrogens with zero attached hydrogens (tertiary/aromatic N) is 1. The number of morpholine rings is 1. The van der Waals surface area contributed by atoms with Crippen LogP contribution in [0, 0.1) is 0 Å². The monoisotopic (exact) mass is 298 g/mol. The van der Waals surface area contributed by atoms with Gasteiger partial charge < -0.3 is 9.47 Å². The second-order valence-corrected chi connectivity index (χ2v) is 6.38. The Hall–Kier alpha value is -0.650. The molecule has 0 aromatic heterocycles. The second-order valence-electron chi connectivity index (χ2n) is 6.38. The molecule has 1 aliphatic heterocycles. The first-order valence-corrected chi connectivity index (χ1v) is 8.39. The fourth-order valence-corrected chi connectivity index (χ4v) is 2.84. The maximum atomic E-state index is 12.2. The normalized spacial score (nSPS) is 22.8. The van der Waals surface area contributed by atoms with Gasteiger partial charge in [0, 0.05) is 19.1 Å². The highest BCUT2D eigenvalue weighted by atomic mass is 16.5. The fraction of sp³-hybridized carbons (Fsp3) is 0.938. The molecule has 122 valence electrons. The van der Waals surface area contributed by atoms with Crippen LogP contribution in [0.2, 0.25) is 0 Å². The van der Waals surface area contributed by atoms with Crippen LogP contribution in [-0.4, -0.2) is 61.9 Å². The van der Waals surface area contributed by atoms with Crippen molar-refractivity contribution in [3.8, 4) is 0 Å². The van der Waals surface area contributed by atoms with Crippen molar-refractivity contribution in [2.45, 2.75) is 57.5 Å². The smallest absolute Gasteiger partial charge is 0.326 e. The van der Waals surface area contributed by atoms with Gasteiger partial charge in [0.05, 0.1) is 19.8 Å². The molecule has 0 radical (unpaired) electrons.